The van der Waals surface area contributed by atoms with Gasteiger partial charge in [0.1, 0.15) is 0 Å². The van der Waals surface area contributed by atoms with E-state index in [0.717, 1.165) is 24.3 Å². The molecular weight excluding hydrogens is 286 g/mol. The molecule has 0 saturated heterocycles. The second-order valence-electron chi connectivity index (χ2n) is 5.68. The van der Waals surface area contributed by atoms with Crippen molar-refractivity contribution in [3.8, 4) is 0 Å². The first-order valence-electron chi connectivity index (χ1n) is 7.76. The van der Waals surface area contributed by atoms with Crippen molar-refractivity contribution in [2.45, 2.75) is 30.2 Å². The van der Waals surface area contributed by atoms with Crippen LogP contribution in [0.1, 0.15) is 30.9 Å². The predicted octanol–water partition coefficient (Wildman–Crippen LogP) is 5.35. The summed E-state index contributed by atoms with van der Waals surface area (Å²) in [5.41, 5.74) is 3.50. The quantitative estimate of drug-likeness (QED) is 0.693. The van der Waals surface area contributed by atoms with Crippen molar-refractivity contribution in [1.29, 1.82) is 0 Å². The summed E-state index contributed by atoms with van der Waals surface area (Å²) in [5.74, 6) is 1.00. The molecule has 112 valence electrons. The van der Waals surface area contributed by atoms with Gasteiger partial charge in [-0.1, -0.05) is 61.5 Å². The van der Waals surface area contributed by atoms with Gasteiger partial charge in [0.15, 0.2) is 0 Å². The number of benzene rings is 2. The molecule has 2 aromatic rings. The van der Waals surface area contributed by atoms with E-state index in [0.29, 0.717) is 0 Å². The molecule has 0 bridgehead atoms. The van der Waals surface area contributed by atoms with E-state index < -0.39 is 0 Å². The molecule has 1 atom stereocenters. The fourth-order valence-corrected chi connectivity index (χ4v) is 4.15. The fourth-order valence-electron chi connectivity index (χ4n) is 2.84. The number of rotatable bonds is 4. The van der Waals surface area contributed by atoms with Gasteiger partial charge in [-0.15, -0.1) is 18.3 Å². The molecule has 0 N–H and O–H groups in total. The summed E-state index contributed by atoms with van der Waals surface area (Å²) in [5, 5.41) is 0. The summed E-state index contributed by atoms with van der Waals surface area (Å²) in [7, 11) is 0. The Kier molecular flexibility index (Phi) is 4.49. The molecule has 3 rings (SSSR count). The maximum atomic E-state index is 5.25. The normalized spacial score (nSPS) is 20.7. The van der Waals surface area contributed by atoms with Gasteiger partial charge in [-0.3, -0.25) is 4.99 Å². The van der Waals surface area contributed by atoms with Crippen molar-refractivity contribution >= 4 is 17.5 Å². The topological polar surface area (TPSA) is 12.4 Å². The average Bonchev–Trinajstić information content (AvgIpc) is 2.74. The van der Waals surface area contributed by atoms with Crippen LogP contribution in [0.25, 0.3) is 0 Å². The first-order valence-corrected chi connectivity index (χ1v) is 8.75. The van der Waals surface area contributed by atoms with E-state index in [9.17, 15) is 0 Å². The van der Waals surface area contributed by atoms with Gasteiger partial charge in [0.2, 0.25) is 0 Å². The molecule has 1 nitrogen and oxygen atoms in total. The summed E-state index contributed by atoms with van der Waals surface area (Å²) in [6.45, 7) is 6.18. The van der Waals surface area contributed by atoms with Crippen molar-refractivity contribution in [2.24, 2.45) is 4.99 Å². The Balaban J connectivity index is 2.19. The summed E-state index contributed by atoms with van der Waals surface area (Å²) in [6, 6.07) is 19.1. The number of hydrogen-bond acceptors (Lipinski definition) is 2. The second kappa shape index (κ2) is 6.53. The Morgan fingerprint density at radius 2 is 1.86 bits per heavy atom. The monoisotopic (exact) mass is 307 g/mol. The molecule has 1 aliphatic heterocycles. The Hall–Kier alpha value is -1.80. The number of nitrogens with zero attached hydrogens (tertiary/aromatic N) is 1. The molecule has 1 aliphatic rings. The average molecular weight is 307 g/mol. The molecule has 2 heteroatoms. The molecule has 0 aromatic heterocycles. The van der Waals surface area contributed by atoms with Gasteiger partial charge in [-0.2, -0.15) is 0 Å². The fraction of sp³-hybridized carbons (Fsp3) is 0.250. The number of hydrogen-bond donors (Lipinski definition) is 0. The van der Waals surface area contributed by atoms with Gasteiger partial charge in [-0.25, -0.2) is 0 Å². The zero-order chi connectivity index (χ0) is 15.4. The lowest BCUT2D eigenvalue weighted by molar-refractivity contribution is 0.473. The SMILES string of the molecule is C=CCC1(CC)CSc2ccccc2C(c2ccccc2)=N1. The van der Waals surface area contributed by atoms with Gasteiger partial charge in [0.05, 0.1) is 11.3 Å². The number of aliphatic imine (C=N–C) groups is 1. The minimum absolute atomic E-state index is 0.0589. The van der Waals surface area contributed by atoms with Crippen LogP contribution >= 0.6 is 11.8 Å². The van der Waals surface area contributed by atoms with E-state index in [-0.39, 0.29) is 5.54 Å². The molecule has 2 aromatic carbocycles. The highest BCUT2D eigenvalue weighted by Gasteiger charge is 2.31. The number of fused-ring (bicyclic) bond motifs is 1. The molecule has 0 amide bonds. The van der Waals surface area contributed by atoms with E-state index in [2.05, 4.69) is 68.1 Å². The second-order valence-corrected chi connectivity index (χ2v) is 6.70. The number of thioether (sulfide) groups is 1. The molecule has 1 heterocycles. The lowest BCUT2D eigenvalue weighted by Gasteiger charge is -2.26. The molecular formula is C20H21NS. The third-order valence-electron chi connectivity index (χ3n) is 4.22. The molecule has 0 aliphatic carbocycles. The van der Waals surface area contributed by atoms with Crippen LogP contribution in [-0.4, -0.2) is 17.0 Å². The summed E-state index contributed by atoms with van der Waals surface area (Å²) in [4.78, 5) is 6.58. The van der Waals surface area contributed by atoms with Gasteiger partial charge in [0.25, 0.3) is 0 Å². The minimum Gasteiger partial charge on any atom is -0.276 e. The zero-order valence-electron chi connectivity index (χ0n) is 13.0. The van der Waals surface area contributed by atoms with Crippen LogP contribution in [0.15, 0.2) is 77.1 Å². The largest absolute Gasteiger partial charge is 0.276 e. The lowest BCUT2D eigenvalue weighted by Crippen LogP contribution is -2.29. The van der Waals surface area contributed by atoms with Crippen LogP contribution in [0, 0.1) is 0 Å². The summed E-state index contributed by atoms with van der Waals surface area (Å²) in [6.07, 6.45) is 3.95. The van der Waals surface area contributed by atoms with Gasteiger partial charge >= 0.3 is 0 Å². The molecule has 0 radical (unpaired) electrons. The predicted molar refractivity (Wildman–Crippen MR) is 97.1 cm³/mol. The highest BCUT2D eigenvalue weighted by atomic mass is 32.2. The molecule has 0 spiro atoms. The van der Waals surface area contributed by atoms with E-state index in [1.807, 2.05) is 17.8 Å². The van der Waals surface area contributed by atoms with Crippen molar-refractivity contribution in [2.75, 3.05) is 5.75 Å². The Labute approximate surface area is 137 Å². The first kappa shape index (κ1) is 15.1. The van der Waals surface area contributed by atoms with Gasteiger partial charge < -0.3 is 0 Å². The van der Waals surface area contributed by atoms with Crippen molar-refractivity contribution in [3.05, 3.63) is 78.4 Å². The van der Waals surface area contributed by atoms with Crippen LogP contribution in [0.4, 0.5) is 0 Å². The van der Waals surface area contributed by atoms with E-state index in [1.54, 1.807) is 0 Å². The van der Waals surface area contributed by atoms with Crippen molar-refractivity contribution < 1.29 is 0 Å². The van der Waals surface area contributed by atoms with Crippen LogP contribution in [0.2, 0.25) is 0 Å². The molecule has 0 fully saturated rings. The summed E-state index contributed by atoms with van der Waals surface area (Å²) >= 11 is 1.92. The van der Waals surface area contributed by atoms with E-state index in [1.165, 1.54) is 16.0 Å². The van der Waals surface area contributed by atoms with Gasteiger partial charge in [-0.05, 0) is 18.9 Å². The van der Waals surface area contributed by atoms with E-state index >= 15 is 0 Å². The minimum atomic E-state index is -0.0589. The van der Waals surface area contributed by atoms with Crippen LogP contribution in [0.5, 0.6) is 0 Å². The highest BCUT2D eigenvalue weighted by molar-refractivity contribution is 7.99. The third kappa shape index (κ3) is 2.89. The van der Waals surface area contributed by atoms with E-state index in [4.69, 9.17) is 4.99 Å². The van der Waals surface area contributed by atoms with Crippen LogP contribution in [-0.2, 0) is 0 Å². The first-order chi connectivity index (χ1) is 10.8. The molecule has 1 unspecified atom stereocenters. The maximum Gasteiger partial charge on any atom is 0.0740 e. The Bertz CT molecular complexity index is 690. The molecule has 0 saturated carbocycles. The highest BCUT2D eigenvalue weighted by Crippen LogP contribution is 2.37. The molecule has 22 heavy (non-hydrogen) atoms. The van der Waals surface area contributed by atoms with Crippen molar-refractivity contribution in [1.82, 2.24) is 0 Å². The zero-order valence-corrected chi connectivity index (χ0v) is 13.8. The van der Waals surface area contributed by atoms with Crippen LogP contribution < -0.4 is 0 Å². The lowest BCUT2D eigenvalue weighted by atomic mass is 9.93. The van der Waals surface area contributed by atoms with Crippen molar-refractivity contribution in [3.63, 3.8) is 0 Å². The third-order valence-corrected chi connectivity index (χ3v) is 5.57. The van der Waals surface area contributed by atoms with Crippen LogP contribution in [0.3, 0.4) is 0 Å². The Morgan fingerprint density at radius 3 is 2.59 bits per heavy atom. The Morgan fingerprint density at radius 1 is 1.14 bits per heavy atom. The standard InChI is InChI=1S/C20H21NS/c1-3-14-20(4-2)15-22-18-13-9-8-12-17(18)19(21-20)16-10-6-5-7-11-16/h3,5-13H,1,4,14-15H2,2H3. The van der Waals surface area contributed by atoms with Gasteiger partial charge in [0, 0.05) is 21.8 Å². The summed E-state index contributed by atoms with van der Waals surface area (Å²) < 4.78 is 0. The smallest absolute Gasteiger partial charge is 0.0740 e. The maximum absolute atomic E-state index is 5.25.